The van der Waals surface area contributed by atoms with E-state index >= 15 is 0 Å². The molecule has 0 atom stereocenters. The first-order valence-corrected chi connectivity index (χ1v) is 12.7. The van der Waals surface area contributed by atoms with E-state index in [1.54, 1.807) is 55.5 Å². The lowest BCUT2D eigenvalue weighted by atomic mass is 10.1. The predicted molar refractivity (Wildman–Crippen MR) is 141 cm³/mol. The van der Waals surface area contributed by atoms with Crippen LogP contribution in [0.25, 0.3) is 0 Å². The molecule has 37 heavy (non-hydrogen) atoms. The largest absolute Gasteiger partial charge is 0.352 e. The number of hydroxylamine groups is 1. The summed E-state index contributed by atoms with van der Waals surface area (Å²) in [4.78, 5) is 67.0. The molecule has 8 heteroatoms. The second-order valence-electron chi connectivity index (χ2n) is 8.94. The van der Waals surface area contributed by atoms with Crippen LogP contribution in [-0.4, -0.2) is 42.3 Å². The number of nitrogens with zero attached hydrogens (tertiary/aromatic N) is 1. The van der Waals surface area contributed by atoms with Gasteiger partial charge in [0, 0.05) is 49.8 Å². The summed E-state index contributed by atoms with van der Waals surface area (Å²) < 4.78 is 0. The lowest BCUT2D eigenvalue weighted by molar-refractivity contribution is -0.126. The minimum Gasteiger partial charge on any atom is -0.352 e. The molecule has 0 saturated carbocycles. The third-order valence-corrected chi connectivity index (χ3v) is 5.75. The summed E-state index contributed by atoms with van der Waals surface area (Å²) in [5.41, 5.74) is 1.91. The molecule has 8 nitrogen and oxygen atoms in total. The van der Waals surface area contributed by atoms with Crippen molar-refractivity contribution in [3.8, 4) is 0 Å². The van der Waals surface area contributed by atoms with Gasteiger partial charge in [-0.1, -0.05) is 37.6 Å². The molecule has 0 spiro atoms. The van der Waals surface area contributed by atoms with Crippen molar-refractivity contribution in [2.45, 2.75) is 65.7 Å². The van der Waals surface area contributed by atoms with Crippen LogP contribution in [0.5, 0.6) is 0 Å². The summed E-state index contributed by atoms with van der Waals surface area (Å²) in [7, 11) is 0. The highest BCUT2D eigenvalue weighted by Crippen LogP contribution is 2.25. The highest BCUT2D eigenvalue weighted by atomic mass is 16.7. The van der Waals surface area contributed by atoms with Crippen LogP contribution in [0.1, 0.15) is 85.1 Å². The molecule has 0 aromatic heterocycles. The summed E-state index contributed by atoms with van der Waals surface area (Å²) >= 11 is 0. The Kier molecular flexibility index (Phi) is 12.4. The third-order valence-electron chi connectivity index (χ3n) is 5.75. The molecule has 2 aromatic carbocycles. The lowest BCUT2D eigenvalue weighted by Crippen LogP contribution is -2.33. The fraction of sp³-hybridized carbons (Fsp3) is 0.414. The number of aryl methyl sites for hydroxylation is 1. The molecular weight excluding hydrogens is 472 g/mol. The van der Waals surface area contributed by atoms with Gasteiger partial charge in [-0.15, -0.1) is 0 Å². The molecule has 2 amide bonds. The summed E-state index contributed by atoms with van der Waals surface area (Å²) in [5.74, 6) is -1.04. The molecule has 0 heterocycles. The molecule has 2 aromatic rings. The van der Waals surface area contributed by atoms with E-state index in [1.807, 2.05) is 6.92 Å². The lowest BCUT2D eigenvalue weighted by Gasteiger charge is -2.24. The van der Waals surface area contributed by atoms with Crippen molar-refractivity contribution in [1.29, 1.82) is 0 Å². The fourth-order valence-corrected chi connectivity index (χ4v) is 3.48. The number of benzene rings is 2. The SMILES string of the molecule is CCCCNC(=O)c1ccc(C)c(N(OCCC(=O)CCC(=O)CCC(C)=O)C(=O)c2ccccc2)c1. The van der Waals surface area contributed by atoms with E-state index in [0.717, 1.165) is 23.5 Å². The number of hydrogen-bond acceptors (Lipinski definition) is 6. The summed E-state index contributed by atoms with van der Waals surface area (Å²) in [6, 6.07) is 13.6. The van der Waals surface area contributed by atoms with E-state index in [0.29, 0.717) is 23.4 Å². The van der Waals surface area contributed by atoms with E-state index < -0.39 is 5.91 Å². The first-order valence-electron chi connectivity index (χ1n) is 12.7. The Morgan fingerprint density at radius 3 is 2.14 bits per heavy atom. The molecule has 0 bridgehead atoms. The fourth-order valence-electron chi connectivity index (χ4n) is 3.48. The number of ketones is 3. The van der Waals surface area contributed by atoms with Gasteiger partial charge in [-0.25, -0.2) is 0 Å². The Labute approximate surface area is 218 Å². The first-order chi connectivity index (χ1) is 17.7. The normalized spacial score (nSPS) is 10.6. The van der Waals surface area contributed by atoms with Crippen molar-refractivity contribution >= 4 is 34.9 Å². The molecule has 1 N–H and O–H groups in total. The number of Topliss-reactive ketones (excluding diaryl/α,β-unsaturated/α-hetero) is 3. The highest BCUT2D eigenvalue weighted by Gasteiger charge is 2.22. The van der Waals surface area contributed by atoms with Crippen LogP contribution < -0.4 is 10.4 Å². The van der Waals surface area contributed by atoms with Crippen molar-refractivity contribution in [2.24, 2.45) is 0 Å². The Balaban J connectivity index is 2.13. The molecular formula is C29H36N2O6. The van der Waals surface area contributed by atoms with Crippen molar-refractivity contribution in [1.82, 2.24) is 5.32 Å². The maximum Gasteiger partial charge on any atom is 0.282 e. The van der Waals surface area contributed by atoms with Crippen LogP contribution in [0, 0.1) is 6.92 Å². The minimum atomic E-state index is -0.431. The maximum absolute atomic E-state index is 13.4. The first kappa shape index (κ1) is 29.6. The second-order valence-corrected chi connectivity index (χ2v) is 8.94. The van der Waals surface area contributed by atoms with Gasteiger partial charge in [-0.05, 0) is 50.1 Å². The Bertz CT molecular complexity index is 1100. The van der Waals surface area contributed by atoms with Gasteiger partial charge in [-0.3, -0.25) is 24.0 Å². The van der Waals surface area contributed by atoms with Crippen LogP contribution in [0.2, 0.25) is 0 Å². The highest BCUT2D eigenvalue weighted by molar-refractivity contribution is 6.06. The summed E-state index contributed by atoms with van der Waals surface area (Å²) in [6.45, 7) is 5.75. The van der Waals surface area contributed by atoms with Crippen molar-refractivity contribution in [2.75, 3.05) is 18.2 Å². The zero-order chi connectivity index (χ0) is 27.2. The summed E-state index contributed by atoms with van der Waals surface area (Å²) in [5, 5.41) is 3.99. The molecule has 0 aliphatic carbocycles. The van der Waals surface area contributed by atoms with Crippen LogP contribution >= 0.6 is 0 Å². The number of carbonyl (C=O) groups is 5. The molecule has 198 valence electrons. The Morgan fingerprint density at radius 1 is 0.838 bits per heavy atom. The number of amides is 2. The van der Waals surface area contributed by atoms with Crippen LogP contribution in [0.3, 0.4) is 0 Å². The van der Waals surface area contributed by atoms with Crippen LogP contribution in [0.15, 0.2) is 48.5 Å². The predicted octanol–water partition coefficient (Wildman–Crippen LogP) is 4.78. The van der Waals surface area contributed by atoms with Crippen LogP contribution in [-0.2, 0) is 19.2 Å². The number of rotatable bonds is 16. The van der Waals surface area contributed by atoms with Crippen LogP contribution in [0.4, 0.5) is 5.69 Å². The average Bonchev–Trinajstić information content (AvgIpc) is 2.89. The molecule has 0 fully saturated rings. The van der Waals surface area contributed by atoms with Gasteiger partial charge in [0.2, 0.25) is 0 Å². The van der Waals surface area contributed by atoms with Crippen molar-refractivity contribution in [3.05, 3.63) is 65.2 Å². The van der Waals surface area contributed by atoms with Gasteiger partial charge >= 0.3 is 0 Å². The smallest absolute Gasteiger partial charge is 0.282 e. The molecule has 0 radical (unpaired) electrons. The van der Waals surface area contributed by atoms with E-state index in [1.165, 1.54) is 6.92 Å². The van der Waals surface area contributed by atoms with Gasteiger partial charge in [0.05, 0.1) is 12.3 Å². The van der Waals surface area contributed by atoms with E-state index in [2.05, 4.69) is 5.32 Å². The quantitative estimate of drug-likeness (QED) is 0.258. The number of hydrogen-bond donors (Lipinski definition) is 1. The standard InChI is InChI=1S/C29H36N2O6/c1-4-5-18-30-28(35)24-13-11-21(2)27(20-24)31(29(36)23-9-7-6-8-10-23)37-19-17-26(34)16-15-25(33)14-12-22(3)32/h6-11,13,20H,4-5,12,14-19H2,1-3H3,(H,30,35). The molecule has 0 unspecified atom stereocenters. The topological polar surface area (TPSA) is 110 Å². The van der Waals surface area contributed by atoms with E-state index in [9.17, 15) is 24.0 Å². The maximum atomic E-state index is 13.4. The number of nitrogens with one attached hydrogen (secondary N) is 1. The second kappa shape index (κ2) is 15.5. The molecule has 0 aliphatic rings. The average molecular weight is 509 g/mol. The summed E-state index contributed by atoms with van der Waals surface area (Å²) in [6.07, 6.45) is 2.28. The van der Waals surface area contributed by atoms with Gasteiger partial charge < -0.3 is 10.1 Å². The monoisotopic (exact) mass is 508 g/mol. The molecule has 0 aliphatic heterocycles. The Hall–Kier alpha value is -3.65. The zero-order valence-electron chi connectivity index (χ0n) is 21.9. The van der Waals surface area contributed by atoms with Gasteiger partial charge in [0.15, 0.2) is 0 Å². The van der Waals surface area contributed by atoms with Crippen molar-refractivity contribution < 1.29 is 28.8 Å². The van der Waals surface area contributed by atoms with Gasteiger partial charge in [-0.2, -0.15) is 5.06 Å². The third kappa shape index (κ3) is 10.1. The number of carbonyl (C=O) groups excluding carboxylic acids is 5. The number of unbranched alkanes of at least 4 members (excludes halogenated alkanes) is 1. The van der Waals surface area contributed by atoms with Gasteiger partial charge in [0.1, 0.15) is 17.3 Å². The molecule has 2 rings (SSSR count). The Morgan fingerprint density at radius 2 is 1.49 bits per heavy atom. The van der Waals surface area contributed by atoms with Crippen molar-refractivity contribution in [3.63, 3.8) is 0 Å². The van der Waals surface area contributed by atoms with Gasteiger partial charge in [0.25, 0.3) is 11.8 Å². The van der Waals surface area contributed by atoms with E-state index in [4.69, 9.17) is 4.84 Å². The number of anilines is 1. The zero-order valence-corrected chi connectivity index (χ0v) is 21.9. The van der Waals surface area contributed by atoms with E-state index in [-0.39, 0.29) is 62.0 Å². The molecule has 0 saturated heterocycles. The minimum absolute atomic E-state index is 0.00873.